The Balaban J connectivity index is 1.62. The molecule has 28 heavy (non-hydrogen) atoms. The van der Waals surface area contributed by atoms with Crippen LogP contribution in [0.2, 0.25) is 0 Å². The number of benzene rings is 1. The number of hydrogen-bond acceptors (Lipinski definition) is 5. The molecule has 2 fully saturated rings. The largest absolute Gasteiger partial charge is 0.495 e. The van der Waals surface area contributed by atoms with Gasteiger partial charge in [-0.3, -0.25) is 9.78 Å². The number of aliphatic hydroxyl groups is 1. The molecule has 1 aromatic carbocycles. The van der Waals surface area contributed by atoms with Crippen molar-refractivity contribution >= 4 is 5.91 Å². The Hall–Kier alpha value is -2.51. The van der Waals surface area contributed by atoms with E-state index in [2.05, 4.69) is 4.98 Å². The van der Waals surface area contributed by atoms with Crippen LogP contribution in [0.1, 0.15) is 16.8 Å². The smallest absolute Gasteiger partial charge is 0.254 e. The first-order valence-corrected chi connectivity index (χ1v) is 9.32. The molecule has 148 valence electrons. The topological polar surface area (TPSA) is 71.9 Å². The Morgan fingerprint density at radius 3 is 2.96 bits per heavy atom. The van der Waals surface area contributed by atoms with Gasteiger partial charge in [0.1, 0.15) is 11.6 Å². The van der Waals surface area contributed by atoms with Crippen LogP contribution < -0.4 is 4.74 Å². The second-order valence-electron chi connectivity index (χ2n) is 7.59. The minimum atomic E-state index is -0.486. The van der Waals surface area contributed by atoms with Gasteiger partial charge in [-0.05, 0) is 42.2 Å². The fraction of sp³-hybridized carbons (Fsp3) is 0.429. The number of amides is 1. The first-order valence-electron chi connectivity index (χ1n) is 9.32. The number of methoxy groups -OCH3 is 1. The van der Waals surface area contributed by atoms with Gasteiger partial charge in [0.2, 0.25) is 0 Å². The zero-order valence-electron chi connectivity index (χ0n) is 15.7. The Bertz CT molecular complexity index is 890. The lowest BCUT2D eigenvalue weighted by molar-refractivity contribution is -0.0557. The molecule has 1 amide bonds. The van der Waals surface area contributed by atoms with Gasteiger partial charge >= 0.3 is 0 Å². The van der Waals surface area contributed by atoms with Gasteiger partial charge in [-0.1, -0.05) is 0 Å². The third kappa shape index (κ3) is 3.36. The summed E-state index contributed by atoms with van der Waals surface area (Å²) in [5.74, 6) is 0.0354. The van der Waals surface area contributed by atoms with Crippen LogP contribution in [0.25, 0.3) is 11.1 Å². The van der Waals surface area contributed by atoms with Crippen molar-refractivity contribution in [1.29, 1.82) is 0 Å². The molecule has 0 saturated carbocycles. The number of likely N-dealkylation sites (tertiary alicyclic amines) is 1. The number of carbonyl (C=O) groups excluding carboxylic acids is 1. The van der Waals surface area contributed by atoms with Crippen LogP contribution >= 0.6 is 0 Å². The minimum Gasteiger partial charge on any atom is -0.495 e. The molecule has 2 aliphatic rings. The quantitative estimate of drug-likeness (QED) is 0.874. The van der Waals surface area contributed by atoms with Crippen LogP contribution in [0.5, 0.6) is 5.75 Å². The lowest BCUT2D eigenvalue weighted by atomic mass is 9.76. The van der Waals surface area contributed by atoms with E-state index in [0.29, 0.717) is 43.2 Å². The van der Waals surface area contributed by atoms with E-state index in [1.807, 2.05) is 0 Å². The van der Waals surface area contributed by atoms with E-state index >= 15 is 0 Å². The molecule has 0 spiro atoms. The lowest BCUT2D eigenvalue weighted by Gasteiger charge is -2.36. The summed E-state index contributed by atoms with van der Waals surface area (Å²) in [5, 5.41) is 9.91. The van der Waals surface area contributed by atoms with Crippen LogP contribution in [-0.2, 0) is 4.74 Å². The maximum atomic E-state index is 14.3. The molecule has 0 bridgehead atoms. The molecule has 6 nitrogen and oxygen atoms in total. The number of rotatable bonds is 4. The summed E-state index contributed by atoms with van der Waals surface area (Å²) in [5.41, 5.74) is 1.10. The molecule has 3 heterocycles. The van der Waals surface area contributed by atoms with Crippen LogP contribution in [0, 0.1) is 17.2 Å². The van der Waals surface area contributed by atoms with E-state index in [-0.39, 0.29) is 24.0 Å². The monoisotopic (exact) mass is 386 g/mol. The summed E-state index contributed by atoms with van der Waals surface area (Å²) in [4.78, 5) is 18.9. The van der Waals surface area contributed by atoms with E-state index in [4.69, 9.17) is 9.47 Å². The van der Waals surface area contributed by atoms with Gasteiger partial charge in [0.05, 0.1) is 26.5 Å². The molecule has 7 heteroatoms. The second-order valence-corrected chi connectivity index (χ2v) is 7.59. The van der Waals surface area contributed by atoms with Gasteiger partial charge in [0.25, 0.3) is 5.91 Å². The average molecular weight is 386 g/mol. The molecule has 2 saturated heterocycles. The van der Waals surface area contributed by atoms with Crippen molar-refractivity contribution in [1.82, 2.24) is 9.88 Å². The van der Waals surface area contributed by atoms with Crippen LogP contribution in [0.3, 0.4) is 0 Å². The van der Waals surface area contributed by atoms with E-state index in [1.165, 1.54) is 19.2 Å². The second kappa shape index (κ2) is 7.48. The summed E-state index contributed by atoms with van der Waals surface area (Å²) < 4.78 is 25.0. The van der Waals surface area contributed by atoms with Crippen molar-refractivity contribution in [3.8, 4) is 16.9 Å². The Morgan fingerprint density at radius 2 is 2.21 bits per heavy atom. The fourth-order valence-corrected chi connectivity index (χ4v) is 4.23. The Labute approximate surface area is 162 Å². The average Bonchev–Trinajstić information content (AvgIpc) is 3.13. The van der Waals surface area contributed by atoms with Crippen molar-refractivity contribution in [2.24, 2.45) is 11.3 Å². The zero-order valence-corrected chi connectivity index (χ0v) is 15.7. The first kappa shape index (κ1) is 18.8. The predicted octanol–water partition coefficient (Wildman–Crippen LogP) is 2.37. The summed E-state index contributed by atoms with van der Waals surface area (Å²) in [6, 6.07) is 6.05. The minimum absolute atomic E-state index is 0.0225. The SMILES string of the molecule is COc1cncc(-c2cc(F)cc(C(=O)N3C[C@@H]4CCOC[C@]4(CO)C3)c2)c1. The molecule has 0 radical (unpaired) electrons. The van der Waals surface area contributed by atoms with Gasteiger partial charge in [-0.25, -0.2) is 4.39 Å². The van der Waals surface area contributed by atoms with Crippen LogP contribution in [0.15, 0.2) is 36.7 Å². The number of nitrogens with zero attached hydrogens (tertiary/aromatic N) is 2. The van der Waals surface area contributed by atoms with Gasteiger partial charge in [-0.15, -0.1) is 0 Å². The highest BCUT2D eigenvalue weighted by Gasteiger charge is 2.49. The standard InChI is InChI=1S/C21H23FN2O4/c1-27-19-7-16(8-23-9-19)14-4-15(6-18(22)5-14)20(26)24-10-17-2-3-28-13-21(17,11-24)12-25/h4-9,17,25H,2-3,10-13H2,1H3/t17-,21+/m0/s1. The van der Waals surface area contributed by atoms with Crippen molar-refractivity contribution in [2.75, 3.05) is 40.0 Å². The summed E-state index contributed by atoms with van der Waals surface area (Å²) in [6.07, 6.45) is 3.99. The van der Waals surface area contributed by atoms with Gasteiger partial charge < -0.3 is 19.5 Å². The predicted molar refractivity (Wildman–Crippen MR) is 101 cm³/mol. The molecule has 0 aliphatic carbocycles. The Kier molecular flexibility index (Phi) is 5.03. The molecule has 2 atom stereocenters. The van der Waals surface area contributed by atoms with Gasteiger partial charge in [0, 0.05) is 42.4 Å². The highest BCUT2D eigenvalue weighted by atomic mass is 19.1. The number of ether oxygens (including phenoxy) is 2. The molecule has 4 rings (SSSR count). The maximum absolute atomic E-state index is 14.3. The molecule has 1 aromatic heterocycles. The van der Waals surface area contributed by atoms with Crippen molar-refractivity contribution in [3.05, 3.63) is 48.0 Å². The normalized spacial score (nSPS) is 24.1. The van der Waals surface area contributed by atoms with E-state index in [0.717, 1.165) is 6.42 Å². The molecule has 2 aromatic rings. The summed E-state index contributed by atoms with van der Waals surface area (Å²) >= 11 is 0. The van der Waals surface area contributed by atoms with E-state index < -0.39 is 11.2 Å². The first-order chi connectivity index (χ1) is 13.5. The number of fused-ring (bicyclic) bond motifs is 1. The number of pyridine rings is 1. The molecule has 0 unspecified atom stereocenters. The molecular formula is C21H23FN2O4. The number of carbonyl (C=O) groups is 1. The number of aliphatic hydroxyl groups excluding tert-OH is 1. The van der Waals surface area contributed by atoms with E-state index in [9.17, 15) is 14.3 Å². The van der Waals surface area contributed by atoms with Crippen molar-refractivity contribution in [3.63, 3.8) is 0 Å². The molecule has 1 N–H and O–H groups in total. The number of aromatic nitrogens is 1. The van der Waals surface area contributed by atoms with Crippen molar-refractivity contribution < 1.29 is 23.8 Å². The summed E-state index contributed by atoms with van der Waals surface area (Å²) in [6.45, 7) is 2.03. The highest BCUT2D eigenvalue weighted by Crippen LogP contribution is 2.41. The van der Waals surface area contributed by atoms with Crippen molar-refractivity contribution in [2.45, 2.75) is 6.42 Å². The third-order valence-electron chi connectivity index (χ3n) is 5.84. The maximum Gasteiger partial charge on any atom is 0.254 e. The summed E-state index contributed by atoms with van der Waals surface area (Å²) in [7, 11) is 1.54. The van der Waals surface area contributed by atoms with Gasteiger partial charge in [0.15, 0.2) is 0 Å². The molecular weight excluding hydrogens is 363 g/mol. The van der Waals surface area contributed by atoms with Crippen LogP contribution in [-0.4, -0.2) is 60.9 Å². The highest BCUT2D eigenvalue weighted by molar-refractivity contribution is 5.95. The Morgan fingerprint density at radius 1 is 1.36 bits per heavy atom. The lowest BCUT2D eigenvalue weighted by Crippen LogP contribution is -2.43. The van der Waals surface area contributed by atoms with Gasteiger partial charge in [-0.2, -0.15) is 0 Å². The number of halogens is 1. The molecule has 2 aliphatic heterocycles. The van der Waals surface area contributed by atoms with E-state index in [1.54, 1.807) is 29.4 Å². The third-order valence-corrected chi connectivity index (χ3v) is 5.84. The fourth-order valence-electron chi connectivity index (χ4n) is 4.23. The van der Waals surface area contributed by atoms with Crippen LogP contribution in [0.4, 0.5) is 4.39 Å². The number of hydrogen-bond donors (Lipinski definition) is 1. The zero-order chi connectivity index (χ0) is 19.7.